The monoisotopic (exact) mass is 636 g/mol. The van der Waals surface area contributed by atoms with Gasteiger partial charge in [0.05, 0.1) is 28.8 Å². The van der Waals surface area contributed by atoms with Crippen LogP contribution < -0.4 is 9.47 Å². The molecule has 11 heteroatoms. The van der Waals surface area contributed by atoms with Gasteiger partial charge in [-0.3, -0.25) is 0 Å². The van der Waals surface area contributed by atoms with Crippen LogP contribution >= 0.6 is 23.2 Å². The quantitative estimate of drug-likeness (QED) is 0.166. The zero-order valence-electron chi connectivity index (χ0n) is 23.5. The van der Waals surface area contributed by atoms with Crippen molar-refractivity contribution in [1.82, 2.24) is 19.1 Å². The first-order valence-corrected chi connectivity index (χ1v) is 14.2. The summed E-state index contributed by atoms with van der Waals surface area (Å²) in [5.41, 5.74) is 2.79. The zero-order chi connectivity index (χ0) is 31.6. The summed E-state index contributed by atoms with van der Waals surface area (Å²) in [7, 11) is 0. The van der Waals surface area contributed by atoms with E-state index >= 15 is 0 Å². The molecule has 2 heterocycles. The van der Waals surface area contributed by atoms with E-state index in [-0.39, 0.29) is 5.82 Å². The van der Waals surface area contributed by atoms with Gasteiger partial charge in [-0.1, -0.05) is 41.4 Å². The van der Waals surface area contributed by atoms with Crippen LogP contribution in [0.3, 0.4) is 0 Å². The largest absolute Gasteiger partial charge is 0.456 e. The minimum absolute atomic E-state index is 0.358. The smallest absolute Gasteiger partial charge is 0.146 e. The van der Waals surface area contributed by atoms with Gasteiger partial charge in [0, 0.05) is 49.0 Å². The van der Waals surface area contributed by atoms with E-state index in [0.717, 1.165) is 11.1 Å². The third-order valence-corrected chi connectivity index (χ3v) is 6.85. The summed E-state index contributed by atoms with van der Waals surface area (Å²) in [5.74, 6) is 1.29. The Morgan fingerprint density at radius 3 is 1.80 bits per heavy atom. The Balaban J connectivity index is 0.000000178. The summed E-state index contributed by atoms with van der Waals surface area (Å²) in [4.78, 5) is 8.00. The highest BCUT2D eigenvalue weighted by atomic mass is 35.5. The summed E-state index contributed by atoms with van der Waals surface area (Å²) in [6.45, 7) is 1.25. The summed E-state index contributed by atoms with van der Waals surface area (Å²) >= 11 is 12.0. The Bertz CT molecular complexity index is 1980. The van der Waals surface area contributed by atoms with Gasteiger partial charge in [0.1, 0.15) is 41.0 Å². The van der Waals surface area contributed by atoms with E-state index in [1.165, 1.54) is 12.1 Å². The third-order valence-electron chi connectivity index (χ3n) is 6.32. The first kappa shape index (κ1) is 30.8. The molecular formula is C34H23Cl2FN6O2. The van der Waals surface area contributed by atoms with Crippen LogP contribution in [0.5, 0.6) is 23.0 Å². The van der Waals surface area contributed by atoms with Crippen molar-refractivity contribution in [3.63, 3.8) is 0 Å². The highest BCUT2D eigenvalue weighted by molar-refractivity contribution is 6.35. The number of aromatic nitrogens is 4. The van der Waals surface area contributed by atoms with Crippen molar-refractivity contribution < 1.29 is 13.9 Å². The molecule has 4 aromatic carbocycles. The molecule has 6 aromatic rings. The molecule has 0 amide bonds. The fourth-order valence-corrected chi connectivity index (χ4v) is 4.65. The molecule has 0 aliphatic rings. The average molecular weight is 638 g/mol. The molecule has 0 radical (unpaired) electrons. The molecule has 2 aromatic heterocycles. The van der Waals surface area contributed by atoms with E-state index in [9.17, 15) is 14.9 Å². The molecule has 0 N–H and O–H groups in total. The van der Waals surface area contributed by atoms with Gasteiger partial charge in [-0.2, -0.15) is 10.5 Å². The fourth-order valence-electron chi connectivity index (χ4n) is 4.20. The molecule has 0 aliphatic carbocycles. The van der Waals surface area contributed by atoms with Gasteiger partial charge in [-0.15, -0.1) is 0 Å². The fraction of sp³-hybridized carbons (Fsp3) is 0.0588. The van der Waals surface area contributed by atoms with Crippen LogP contribution in [-0.4, -0.2) is 19.1 Å². The maximum atomic E-state index is 13.2. The van der Waals surface area contributed by atoms with Crippen LogP contribution in [0, 0.1) is 28.5 Å². The SMILES string of the molecule is N#Cc1ccc(Cn2ccnc2)cc1Oc1ccc(Cl)cc1Cl.N#Cc1ccc(Cn2ccnc2)cc1Oc1cccc(F)c1. The first-order valence-electron chi connectivity index (χ1n) is 13.4. The predicted molar refractivity (Wildman–Crippen MR) is 168 cm³/mol. The molecule has 45 heavy (non-hydrogen) atoms. The number of imidazole rings is 2. The molecule has 0 atom stereocenters. The average Bonchev–Trinajstić information content (AvgIpc) is 3.74. The number of ether oxygens (including phenoxy) is 2. The van der Waals surface area contributed by atoms with Crippen LogP contribution in [0.2, 0.25) is 10.0 Å². The number of hydrogen-bond acceptors (Lipinski definition) is 6. The second-order valence-electron chi connectivity index (χ2n) is 9.59. The minimum atomic E-state index is -0.384. The number of nitriles is 2. The van der Waals surface area contributed by atoms with E-state index < -0.39 is 0 Å². The predicted octanol–water partition coefficient (Wildman–Crippen LogP) is 8.64. The van der Waals surface area contributed by atoms with Crippen molar-refractivity contribution in [3.05, 3.63) is 154 Å². The van der Waals surface area contributed by atoms with Crippen molar-refractivity contribution in [2.75, 3.05) is 0 Å². The van der Waals surface area contributed by atoms with Gasteiger partial charge in [0.2, 0.25) is 0 Å². The van der Waals surface area contributed by atoms with Crippen LogP contribution in [0.25, 0.3) is 0 Å². The Morgan fingerprint density at radius 1 is 0.689 bits per heavy atom. The molecule has 0 fully saturated rings. The molecule has 8 nitrogen and oxygen atoms in total. The standard InChI is InChI=1S/C17H11Cl2N3O.C17H12FN3O/c18-14-3-4-16(15(19)8-14)23-17-7-12(1-2-13(17)9-20)10-22-6-5-21-11-22;18-15-2-1-3-16(9-15)22-17-8-13(4-5-14(17)10-19)11-21-7-6-20-12-21/h1-8,11H,10H2;1-9,12H,11H2. The number of benzene rings is 4. The number of hydrogen-bond donors (Lipinski definition) is 0. The maximum Gasteiger partial charge on any atom is 0.146 e. The molecule has 222 valence electrons. The van der Waals surface area contributed by atoms with Gasteiger partial charge < -0.3 is 18.6 Å². The Morgan fingerprint density at radius 2 is 1.29 bits per heavy atom. The Labute approximate surface area is 268 Å². The zero-order valence-corrected chi connectivity index (χ0v) is 25.0. The van der Waals surface area contributed by atoms with E-state index in [1.807, 2.05) is 39.7 Å². The molecule has 0 bridgehead atoms. The van der Waals surface area contributed by atoms with Crippen molar-refractivity contribution in [2.45, 2.75) is 13.1 Å². The lowest BCUT2D eigenvalue weighted by Crippen LogP contribution is -1.98. The third kappa shape index (κ3) is 8.49. The van der Waals surface area contributed by atoms with Crippen LogP contribution in [0.15, 0.2) is 116 Å². The molecule has 0 aliphatic heterocycles. The van der Waals surface area contributed by atoms with E-state index in [0.29, 0.717) is 57.3 Å². The molecule has 0 saturated heterocycles. The van der Waals surface area contributed by atoms with E-state index in [4.69, 9.17) is 32.7 Å². The highest BCUT2D eigenvalue weighted by Crippen LogP contribution is 2.33. The maximum absolute atomic E-state index is 13.2. The van der Waals surface area contributed by atoms with Gasteiger partial charge >= 0.3 is 0 Å². The second-order valence-corrected chi connectivity index (χ2v) is 10.4. The van der Waals surface area contributed by atoms with Gasteiger partial charge in [0.15, 0.2) is 0 Å². The minimum Gasteiger partial charge on any atom is -0.456 e. The van der Waals surface area contributed by atoms with Crippen molar-refractivity contribution in [3.8, 4) is 35.1 Å². The van der Waals surface area contributed by atoms with Gasteiger partial charge in [-0.25, -0.2) is 14.4 Å². The van der Waals surface area contributed by atoms with Crippen LogP contribution in [0.4, 0.5) is 4.39 Å². The van der Waals surface area contributed by atoms with Crippen molar-refractivity contribution >= 4 is 23.2 Å². The highest BCUT2D eigenvalue weighted by Gasteiger charge is 2.10. The van der Waals surface area contributed by atoms with Gasteiger partial charge in [0.25, 0.3) is 0 Å². The normalized spacial score (nSPS) is 10.2. The summed E-state index contributed by atoms with van der Waals surface area (Å²) in [6, 6.07) is 25.8. The van der Waals surface area contributed by atoms with Crippen molar-refractivity contribution in [1.29, 1.82) is 10.5 Å². The lowest BCUT2D eigenvalue weighted by molar-refractivity contribution is 0.474. The second kappa shape index (κ2) is 14.7. The summed E-state index contributed by atoms with van der Waals surface area (Å²) in [5, 5.41) is 19.4. The molecule has 0 saturated carbocycles. The van der Waals surface area contributed by atoms with Crippen molar-refractivity contribution in [2.24, 2.45) is 0 Å². The van der Waals surface area contributed by atoms with Gasteiger partial charge in [-0.05, 0) is 65.7 Å². The number of nitrogens with zero attached hydrogens (tertiary/aromatic N) is 6. The molecule has 0 spiro atoms. The summed E-state index contributed by atoms with van der Waals surface area (Å²) < 4.78 is 28.5. The van der Waals surface area contributed by atoms with E-state index in [2.05, 4.69) is 22.1 Å². The van der Waals surface area contributed by atoms with Crippen LogP contribution in [-0.2, 0) is 13.1 Å². The Hall–Kier alpha value is -5.61. The van der Waals surface area contributed by atoms with Crippen LogP contribution in [0.1, 0.15) is 22.3 Å². The molecular weight excluding hydrogens is 614 g/mol. The lowest BCUT2D eigenvalue weighted by atomic mass is 10.1. The topological polar surface area (TPSA) is 102 Å². The molecule has 6 rings (SSSR count). The summed E-state index contributed by atoms with van der Waals surface area (Å²) in [6.07, 6.45) is 10.6. The number of halogens is 3. The first-order chi connectivity index (χ1) is 21.9. The Kier molecular flexibility index (Phi) is 10.1. The number of rotatable bonds is 8. The lowest BCUT2D eigenvalue weighted by Gasteiger charge is -2.11. The molecule has 0 unspecified atom stereocenters. The van der Waals surface area contributed by atoms with E-state index in [1.54, 1.807) is 73.6 Å².